The van der Waals surface area contributed by atoms with Crippen molar-refractivity contribution < 1.29 is 14.9 Å². The van der Waals surface area contributed by atoms with Crippen molar-refractivity contribution in [3.63, 3.8) is 0 Å². The monoisotopic (exact) mass is 291 g/mol. The van der Waals surface area contributed by atoms with Gasteiger partial charge in [-0.1, -0.05) is 32.6 Å². The molecule has 3 nitrogen and oxygen atoms in total. The maximum Gasteiger partial charge on any atom is 0.139 e. The Bertz CT molecular complexity index is 248. The molecule has 18 heavy (non-hydrogen) atoms. The molecule has 0 amide bonds. The summed E-state index contributed by atoms with van der Waals surface area (Å²) < 4.78 is 5.42. The molecule has 2 unspecified atom stereocenters. The number of hydrogen-bond acceptors (Lipinski definition) is 4. The van der Waals surface area contributed by atoms with E-state index in [0.29, 0.717) is 6.61 Å². The zero-order valence-corrected chi connectivity index (χ0v) is 13.7. The minimum atomic E-state index is -0.933. The Hall–Kier alpha value is 0.157. The summed E-state index contributed by atoms with van der Waals surface area (Å²) >= 11 is 4.50. The molecule has 0 aliphatic heterocycles. The Morgan fingerprint density at radius 3 is 2.50 bits per heavy atom. The fraction of sp³-hybridized carbons (Fsp3) is 0.923. The van der Waals surface area contributed by atoms with E-state index in [4.69, 9.17) is 4.74 Å². The van der Waals surface area contributed by atoms with Gasteiger partial charge in [0.15, 0.2) is 0 Å². The lowest BCUT2D eigenvalue weighted by molar-refractivity contribution is -0.0199. The smallest absolute Gasteiger partial charge is 0.139 e. The predicted octanol–water partition coefficient (Wildman–Crippen LogP) is 2.21. The van der Waals surface area contributed by atoms with Gasteiger partial charge in [-0.05, 0) is 20.3 Å². The maximum absolute atomic E-state index is 10.1. The van der Waals surface area contributed by atoms with Gasteiger partial charge in [-0.15, -0.1) is 0 Å². The Kier molecular flexibility index (Phi) is 10.1. The van der Waals surface area contributed by atoms with E-state index < -0.39 is 5.60 Å². The first-order chi connectivity index (χ1) is 8.50. The number of aliphatic hydroxyl groups excluding tert-OH is 2. The lowest BCUT2D eigenvalue weighted by Gasteiger charge is -2.27. The van der Waals surface area contributed by atoms with E-state index in [2.05, 4.69) is 19.6 Å². The standard InChI is InChI=1S/C13H27O3SSi/c1-4-6-7-8-9-11(17)18-12(15)13(3,10-14)16-5-2/h11,14-15,17H,4-10H2,1-3H3. The molecule has 0 aliphatic rings. The number of ether oxygens (including phenoxy) is 1. The molecule has 0 aromatic carbocycles. The first-order valence-electron chi connectivity index (χ1n) is 6.76. The molecule has 2 N–H and O–H groups in total. The van der Waals surface area contributed by atoms with E-state index in [9.17, 15) is 10.2 Å². The molecule has 1 radical (unpaired) electrons. The molecule has 0 aromatic rings. The van der Waals surface area contributed by atoms with Gasteiger partial charge < -0.3 is 14.9 Å². The third-order valence-electron chi connectivity index (χ3n) is 2.90. The van der Waals surface area contributed by atoms with Crippen LogP contribution in [0.1, 0.15) is 52.9 Å². The second-order valence-corrected chi connectivity index (χ2v) is 7.25. The molecule has 0 fully saturated rings. The first-order valence-corrected chi connectivity index (χ1v) is 8.35. The van der Waals surface area contributed by atoms with Crippen molar-refractivity contribution in [2.24, 2.45) is 0 Å². The van der Waals surface area contributed by atoms with Crippen LogP contribution in [0.5, 0.6) is 0 Å². The van der Waals surface area contributed by atoms with Crippen molar-refractivity contribution in [2.45, 2.75) is 63.3 Å². The van der Waals surface area contributed by atoms with Gasteiger partial charge in [-0.25, -0.2) is 0 Å². The van der Waals surface area contributed by atoms with Gasteiger partial charge in [0.25, 0.3) is 0 Å². The van der Waals surface area contributed by atoms with Crippen LogP contribution in [0.4, 0.5) is 0 Å². The van der Waals surface area contributed by atoms with Crippen LogP contribution in [-0.4, -0.2) is 48.4 Å². The average Bonchev–Trinajstić information content (AvgIpc) is 2.34. The summed E-state index contributed by atoms with van der Waals surface area (Å²) in [6.45, 7) is 6.04. The van der Waals surface area contributed by atoms with Crippen molar-refractivity contribution in [3.8, 4) is 0 Å². The highest BCUT2D eigenvalue weighted by atomic mass is 32.1. The van der Waals surface area contributed by atoms with E-state index in [1.165, 1.54) is 19.3 Å². The molecule has 2 atom stereocenters. The second kappa shape index (κ2) is 10.0. The van der Waals surface area contributed by atoms with Crippen LogP contribution in [-0.2, 0) is 4.74 Å². The molecule has 5 heteroatoms. The zero-order valence-electron chi connectivity index (χ0n) is 11.8. The van der Waals surface area contributed by atoms with E-state index in [1.54, 1.807) is 6.92 Å². The summed E-state index contributed by atoms with van der Waals surface area (Å²) in [6, 6.07) is 0. The highest BCUT2D eigenvalue weighted by Gasteiger charge is 2.29. The third-order valence-corrected chi connectivity index (χ3v) is 4.97. The van der Waals surface area contributed by atoms with Gasteiger partial charge in [0.05, 0.1) is 21.1 Å². The number of thiol groups is 1. The topological polar surface area (TPSA) is 49.7 Å². The molecule has 0 saturated heterocycles. The fourth-order valence-corrected chi connectivity index (χ4v) is 3.32. The molecule has 0 spiro atoms. The third kappa shape index (κ3) is 6.92. The van der Waals surface area contributed by atoms with Crippen LogP contribution in [0.3, 0.4) is 0 Å². The molecular weight excluding hydrogens is 264 g/mol. The summed E-state index contributed by atoms with van der Waals surface area (Å²) in [4.78, 5) is 0.160. The Labute approximate surface area is 119 Å². The summed E-state index contributed by atoms with van der Waals surface area (Å²) in [5.74, 6) is 0. The van der Waals surface area contributed by atoms with Crippen LogP contribution < -0.4 is 0 Å². The van der Waals surface area contributed by atoms with Crippen molar-refractivity contribution in [3.05, 3.63) is 0 Å². The van der Waals surface area contributed by atoms with Gasteiger partial charge in [-0.3, -0.25) is 0 Å². The molecular formula is C13H27O3SSi. The highest BCUT2D eigenvalue weighted by Crippen LogP contribution is 2.12. The Balaban J connectivity index is 4.27. The number of unbranched alkanes of at least 4 members (excludes halogenated alkanes) is 3. The number of rotatable bonds is 10. The van der Waals surface area contributed by atoms with Crippen LogP contribution in [0.15, 0.2) is 0 Å². The SMILES string of the molecule is CCCCCCC(S)[Si]=C(O)C(C)(CO)OCC. The van der Waals surface area contributed by atoms with E-state index >= 15 is 0 Å². The first kappa shape index (κ1) is 18.2. The van der Waals surface area contributed by atoms with Gasteiger partial charge in [0, 0.05) is 11.5 Å². The normalized spacial score (nSPS) is 17.5. The quantitative estimate of drug-likeness (QED) is 0.329. The lowest BCUT2D eigenvalue weighted by Crippen LogP contribution is -2.44. The lowest BCUT2D eigenvalue weighted by atomic mass is 10.1. The van der Waals surface area contributed by atoms with Gasteiger partial charge in [0.1, 0.15) is 5.60 Å². The van der Waals surface area contributed by atoms with Crippen LogP contribution in [0.2, 0.25) is 0 Å². The Morgan fingerprint density at radius 2 is 2.00 bits per heavy atom. The van der Waals surface area contributed by atoms with E-state index in [0.717, 1.165) is 12.8 Å². The predicted molar refractivity (Wildman–Crippen MR) is 81.3 cm³/mol. The minimum Gasteiger partial charge on any atom is -0.515 e. The van der Waals surface area contributed by atoms with Gasteiger partial charge in [0.2, 0.25) is 0 Å². The zero-order chi connectivity index (χ0) is 14.0. The number of hydrogen-bond donors (Lipinski definition) is 3. The van der Waals surface area contributed by atoms with Gasteiger partial charge >= 0.3 is 0 Å². The minimum absolute atomic E-state index is 0.160. The summed E-state index contributed by atoms with van der Waals surface area (Å²) in [7, 11) is 0.211. The molecule has 0 aliphatic carbocycles. The molecule has 0 aromatic heterocycles. The van der Waals surface area contributed by atoms with E-state index in [-0.39, 0.29) is 26.0 Å². The summed E-state index contributed by atoms with van der Waals surface area (Å²) in [6.07, 6.45) is 5.85. The maximum atomic E-state index is 10.1. The van der Waals surface area contributed by atoms with Crippen molar-refractivity contribution >= 4 is 27.1 Å². The van der Waals surface area contributed by atoms with Crippen molar-refractivity contribution in [1.82, 2.24) is 0 Å². The van der Waals surface area contributed by atoms with E-state index in [1.807, 2.05) is 6.92 Å². The highest BCUT2D eigenvalue weighted by molar-refractivity contribution is 7.82. The fourth-order valence-electron chi connectivity index (χ4n) is 1.65. The summed E-state index contributed by atoms with van der Waals surface area (Å²) in [5.41, 5.74) is -0.933. The Morgan fingerprint density at radius 1 is 1.33 bits per heavy atom. The van der Waals surface area contributed by atoms with Crippen LogP contribution in [0.25, 0.3) is 0 Å². The molecule has 0 rings (SSSR count). The average molecular weight is 292 g/mol. The van der Waals surface area contributed by atoms with Gasteiger partial charge in [-0.2, -0.15) is 12.6 Å². The molecule has 107 valence electrons. The second-order valence-electron chi connectivity index (χ2n) is 4.68. The van der Waals surface area contributed by atoms with Crippen LogP contribution >= 0.6 is 12.6 Å². The van der Waals surface area contributed by atoms with Crippen molar-refractivity contribution in [1.29, 1.82) is 0 Å². The molecule has 0 saturated carbocycles. The largest absolute Gasteiger partial charge is 0.515 e. The number of aliphatic hydroxyl groups is 2. The molecule has 0 heterocycles. The van der Waals surface area contributed by atoms with Crippen LogP contribution in [0, 0.1) is 0 Å². The summed E-state index contributed by atoms with van der Waals surface area (Å²) in [5, 5.41) is 19.6. The molecule has 0 bridgehead atoms. The van der Waals surface area contributed by atoms with Crippen molar-refractivity contribution in [2.75, 3.05) is 13.2 Å².